The number of nitrogens with two attached hydrogens (primary N) is 1. The van der Waals surface area contributed by atoms with Gasteiger partial charge in [0.25, 0.3) is 0 Å². The summed E-state index contributed by atoms with van der Waals surface area (Å²) in [4.78, 5) is 4.24. The predicted molar refractivity (Wildman–Crippen MR) is 69.6 cm³/mol. The summed E-state index contributed by atoms with van der Waals surface area (Å²) in [6.45, 7) is 7.38. The minimum Gasteiger partial charge on any atom is -0.327 e. The van der Waals surface area contributed by atoms with Crippen molar-refractivity contribution < 1.29 is 0 Å². The molecular formula is C11H22N4S. The van der Waals surface area contributed by atoms with Gasteiger partial charge in [0.05, 0.1) is 0 Å². The summed E-state index contributed by atoms with van der Waals surface area (Å²) in [7, 11) is 0. The summed E-state index contributed by atoms with van der Waals surface area (Å²) in [5.74, 6) is 1.99. The average Bonchev–Trinajstić information content (AvgIpc) is 2.73. The first-order chi connectivity index (χ1) is 7.67. The fourth-order valence-corrected chi connectivity index (χ4v) is 2.34. The van der Waals surface area contributed by atoms with Crippen molar-refractivity contribution in [2.75, 3.05) is 5.75 Å². The quantitative estimate of drug-likeness (QED) is 0.790. The zero-order valence-electron chi connectivity index (χ0n) is 10.4. The molecule has 1 rings (SSSR count). The van der Waals surface area contributed by atoms with Crippen LogP contribution in [0.1, 0.15) is 33.0 Å². The van der Waals surface area contributed by atoms with Crippen molar-refractivity contribution in [3.05, 3.63) is 12.2 Å². The molecule has 0 fully saturated rings. The van der Waals surface area contributed by atoms with Crippen LogP contribution in [0.4, 0.5) is 0 Å². The van der Waals surface area contributed by atoms with Gasteiger partial charge >= 0.3 is 0 Å². The standard InChI is InChI=1S/C11H22N4S/c1-4-9(3)16-7-10(12)6-11-13-8-14-15(11)5-2/h8-10H,4-7,12H2,1-3H3. The summed E-state index contributed by atoms with van der Waals surface area (Å²) >= 11 is 1.94. The Labute approximate surface area is 102 Å². The maximum atomic E-state index is 6.09. The van der Waals surface area contributed by atoms with E-state index < -0.39 is 0 Å². The summed E-state index contributed by atoms with van der Waals surface area (Å²) in [5, 5.41) is 4.83. The maximum Gasteiger partial charge on any atom is 0.138 e. The number of aromatic nitrogens is 3. The Morgan fingerprint density at radius 2 is 2.25 bits per heavy atom. The normalized spacial score (nSPS) is 15.0. The highest BCUT2D eigenvalue weighted by Gasteiger charge is 2.10. The molecule has 0 radical (unpaired) electrons. The number of rotatable bonds is 7. The van der Waals surface area contributed by atoms with E-state index in [9.17, 15) is 0 Å². The zero-order valence-corrected chi connectivity index (χ0v) is 11.2. The summed E-state index contributed by atoms with van der Waals surface area (Å²) in [6.07, 6.45) is 3.62. The van der Waals surface area contributed by atoms with Crippen LogP contribution in [-0.4, -0.2) is 31.8 Å². The highest BCUT2D eigenvalue weighted by Crippen LogP contribution is 2.15. The molecule has 2 N–H and O–H groups in total. The van der Waals surface area contributed by atoms with Crippen molar-refractivity contribution in [2.45, 2.75) is 51.4 Å². The van der Waals surface area contributed by atoms with Crippen molar-refractivity contribution in [3.63, 3.8) is 0 Å². The van der Waals surface area contributed by atoms with Gasteiger partial charge in [0.1, 0.15) is 12.2 Å². The first-order valence-corrected chi connectivity index (χ1v) is 6.96. The fraction of sp³-hybridized carbons (Fsp3) is 0.818. The van der Waals surface area contributed by atoms with E-state index in [2.05, 4.69) is 30.9 Å². The molecule has 0 spiro atoms. The molecule has 0 aliphatic rings. The van der Waals surface area contributed by atoms with E-state index >= 15 is 0 Å². The van der Waals surface area contributed by atoms with Crippen LogP contribution in [0.2, 0.25) is 0 Å². The van der Waals surface area contributed by atoms with Gasteiger partial charge in [-0.15, -0.1) is 0 Å². The van der Waals surface area contributed by atoms with Gasteiger partial charge in [0.2, 0.25) is 0 Å². The number of aryl methyl sites for hydroxylation is 1. The Morgan fingerprint density at radius 3 is 2.88 bits per heavy atom. The molecule has 0 aliphatic heterocycles. The van der Waals surface area contributed by atoms with Gasteiger partial charge in [-0.2, -0.15) is 16.9 Å². The van der Waals surface area contributed by atoms with Crippen LogP contribution in [0.3, 0.4) is 0 Å². The van der Waals surface area contributed by atoms with Crippen LogP contribution < -0.4 is 5.73 Å². The van der Waals surface area contributed by atoms with Crippen LogP contribution in [0.15, 0.2) is 6.33 Å². The van der Waals surface area contributed by atoms with E-state index in [-0.39, 0.29) is 6.04 Å². The van der Waals surface area contributed by atoms with E-state index in [1.807, 2.05) is 16.4 Å². The van der Waals surface area contributed by atoms with Crippen molar-refractivity contribution in [2.24, 2.45) is 5.73 Å². The number of hydrogen-bond acceptors (Lipinski definition) is 4. The third-order valence-electron chi connectivity index (χ3n) is 2.61. The lowest BCUT2D eigenvalue weighted by atomic mass is 10.2. The molecule has 0 amide bonds. The molecule has 2 unspecified atom stereocenters. The Bertz CT molecular complexity index is 300. The minimum atomic E-state index is 0.175. The number of hydrogen-bond donors (Lipinski definition) is 1. The van der Waals surface area contributed by atoms with Crippen LogP contribution >= 0.6 is 11.8 Å². The lowest BCUT2D eigenvalue weighted by Crippen LogP contribution is -2.28. The molecule has 0 aliphatic carbocycles. The largest absolute Gasteiger partial charge is 0.327 e. The van der Waals surface area contributed by atoms with E-state index in [1.165, 1.54) is 6.42 Å². The number of nitrogens with zero attached hydrogens (tertiary/aromatic N) is 3. The second-order valence-electron chi connectivity index (χ2n) is 4.01. The minimum absolute atomic E-state index is 0.175. The van der Waals surface area contributed by atoms with Gasteiger partial charge in [-0.1, -0.05) is 13.8 Å². The van der Waals surface area contributed by atoms with Crippen LogP contribution in [0.5, 0.6) is 0 Å². The Balaban J connectivity index is 2.36. The summed E-state index contributed by atoms with van der Waals surface area (Å²) < 4.78 is 1.91. The van der Waals surface area contributed by atoms with Crippen molar-refractivity contribution >= 4 is 11.8 Å². The van der Waals surface area contributed by atoms with Crippen LogP contribution in [0, 0.1) is 0 Å². The van der Waals surface area contributed by atoms with Crippen molar-refractivity contribution in [3.8, 4) is 0 Å². The van der Waals surface area contributed by atoms with E-state index in [0.29, 0.717) is 5.25 Å². The third kappa shape index (κ3) is 4.14. The molecule has 1 aromatic heterocycles. The molecule has 0 saturated heterocycles. The highest BCUT2D eigenvalue weighted by atomic mass is 32.2. The van der Waals surface area contributed by atoms with Gasteiger partial charge in [0, 0.05) is 30.0 Å². The second-order valence-corrected chi connectivity index (χ2v) is 5.48. The van der Waals surface area contributed by atoms with Crippen LogP contribution in [0.25, 0.3) is 0 Å². The molecule has 2 atom stereocenters. The molecule has 4 nitrogen and oxygen atoms in total. The lowest BCUT2D eigenvalue weighted by molar-refractivity contribution is 0.588. The molecular weight excluding hydrogens is 220 g/mol. The van der Waals surface area contributed by atoms with Crippen molar-refractivity contribution in [1.82, 2.24) is 14.8 Å². The monoisotopic (exact) mass is 242 g/mol. The Hall–Kier alpha value is -0.550. The van der Waals surface area contributed by atoms with E-state index in [1.54, 1.807) is 6.33 Å². The second kappa shape index (κ2) is 6.91. The first kappa shape index (κ1) is 13.5. The molecule has 0 bridgehead atoms. The molecule has 1 heterocycles. The van der Waals surface area contributed by atoms with E-state index in [4.69, 9.17) is 5.73 Å². The molecule has 0 saturated carbocycles. The zero-order chi connectivity index (χ0) is 12.0. The summed E-state index contributed by atoms with van der Waals surface area (Å²) in [5.41, 5.74) is 6.09. The molecule has 5 heteroatoms. The van der Waals surface area contributed by atoms with Gasteiger partial charge in [-0.3, -0.25) is 4.68 Å². The maximum absolute atomic E-state index is 6.09. The average molecular weight is 242 g/mol. The first-order valence-electron chi connectivity index (χ1n) is 5.91. The molecule has 0 aromatic carbocycles. The predicted octanol–water partition coefficient (Wildman–Crippen LogP) is 1.70. The lowest BCUT2D eigenvalue weighted by Gasteiger charge is -2.14. The molecule has 1 aromatic rings. The van der Waals surface area contributed by atoms with Crippen molar-refractivity contribution in [1.29, 1.82) is 0 Å². The van der Waals surface area contributed by atoms with Gasteiger partial charge in [-0.05, 0) is 13.3 Å². The Morgan fingerprint density at radius 1 is 1.50 bits per heavy atom. The van der Waals surface area contributed by atoms with E-state index in [0.717, 1.165) is 24.5 Å². The number of thioether (sulfide) groups is 1. The van der Waals surface area contributed by atoms with Crippen LogP contribution in [-0.2, 0) is 13.0 Å². The Kier molecular flexibility index (Phi) is 5.84. The topological polar surface area (TPSA) is 56.7 Å². The SMILES string of the molecule is CCC(C)SCC(N)Cc1ncnn1CC. The smallest absolute Gasteiger partial charge is 0.138 e. The highest BCUT2D eigenvalue weighted by molar-refractivity contribution is 7.99. The summed E-state index contributed by atoms with van der Waals surface area (Å²) in [6, 6.07) is 0.175. The van der Waals surface area contributed by atoms with Gasteiger partial charge in [-0.25, -0.2) is 4.98 Å². The fourth-order valence-electron chi connectivity index (χ4n) is 1.41. The molecule has 92 valence electrons. The van der Waals surface area contributed by atoms with Gasteiger partial charge in [0.15, 0.2) is 0 Å². The molecule has 16 heavy (non-hydrogen) atoms. The van der Waals surface area contributed by atoms with Gasteiger partial charge < -0.3 is 5.73 Å². The third-order valence-corrected chi connectivity index (χ3v) is 4.13.